The van der Waals surface area contributed by atoms with E-state index in [0.717, 1.165) is 50.1 Å². The fourth-order valence-electron chi connectivity index (χ4n) is 8.18. The second-order valence-corrected chi connectivity index (χ2v) is 14.7. The first-order valence-electron chi connectivity index (χ1n) is 18.0. The van der Waals surface area contributed by atoms with Gasteiger partial charge in [-0.1, -0.05) is 146 Å². The van der Waals surface area contributed by atoms with Crippen LogP contribution in [-0.2, 0) is 0 Å². The van der Waals surface area contributed by atoms with Crippen LogP contribution in [0, 0.1) is 0 Å². The molecule has 11 rings (SSSR count). The predicted octanol–water partition coefficient (Wildman–Crippen LogP) is 15.1. The highest BCUT2D eigenvalue weighted by molar-refractivity contribution is 7.26. The van der Waals surface area contributed by atoms with Crippen molar-refractivity contribution in [1.29, 1.82) is 0 Å². The second-order valence-electron chi connectivity index (χ2n) is 13.7. The molecular weight excluding hydrogens is 663 g/mol. The highest BCUT2D eigenvalue weighted by atomic mass is 32.1. The van der Waals surface area contributed by atoms with Crippen molar-refractivity contribution in [2.75, 3.05) is 4.90 Å². The summed E-state index contributed by atoms with van der Waals surface area (Å²) in [6, 6.07) is 67.9. The second kappa shape index (κ2) is 11.9. The Morgan fingerprint density at radius 2 is 1.06 bits per heavy atom. The van der Waals surface area contributed by atoms with Crippen molar-refractivity contribution in [1.82, 2.24) is 0 Å². The molecule has 9 aromatic carbocycles. The van der Waals surface area contributed by atoms with Crippen LogP contribution in [0.15, 0.2) is 192 Å². The molecule has 0 atom stereocenters. The van der Waals surface area contributed by atoms with Crippen LogP contribution in [0.1, 0.15) is 0 Å². The lowest BCUT2D eigenvalue weighted by atomic mass is 9.98. The molecule has 2 aromatic heterocycles. The minimum absolute atomic E-state index is 0.880. The third-order valence-electron chi connectivity index (χ3n) is 10.6. The predicted molar refractivity (Wildman–Crippen MR) is 227 cm³/mol. The van der Waals surface area contributed by atoms with Gasteiger partial charge < -0.3 is 9.32 Å². The fourth-order valence-corrected chi connectivity index (χ4v) is 9.45. The van der Waals surface area contributed by atoms with E-state index < -0.39 is 0 Å². The fraction of sp³-hybridized carbons (Fsp3) is 0. The van der Waals surface area contributed by atoms with Gasteiger partial charge in [-0.3, -0.25) is 0 Å². The number of fused-ring (bicyclic) bond motifs is 9. The molecule has 0 spiro atoms. The van der Waals surface area contributed by atoms with E-state index in [2.05, 4.69) is 193 Å². The molecule has 3 heteroatoms. The molecule has 248 valence electrons. The molecule has 53 heavy (non-hydrogen) atoms. The van der Waals surface area contributed by atoms with Crippen LogP contribution in [0.5, 0.6) is 0 Å². The third kappa shape index (κ3) is 4.78. The van der Waals surface area contributed by atoms with Gasteiger partial charge in [0.15, 0.2) is 0 Å². The lowest BCUT2D eigenvalue weighted by molar-refractivity contribution is 0.670. The van der Waals surface area contributed by atoms with Gasteiger partial charge in [0.05, 0.1) is 11.1 Å². The Hall–Kier alpha value is -6.68. The van der Waals surface area contributed by atoms with Crippen LogP contribution in [0.2, 0.25) is 0 Å². The summed E-state index contributed by atoms with van der Waals surface area (Å²) in [4.78, 5) is 2.43. The van der Waals surface area contributed by atoms with E-state index in [9.17, 15) is 0 Å². The van der Waals surface area contributed by atoms with E-state index >= 15 is 0 Å². The number of rotatable bonds is 5. The number of hydrogen-bond donors (Lipinski definition) is 0. The van der Waals surface area contributed by atoms with Crippen LogP contribution < -0.4 is 4.90 Å². The van der Waals surface area contributed by atoms with E-state index in [4.69, 9.17) is 4.42 Å². The van der Waals surface area contributed by atoms with Gasteiger partial charge >= 0.3 is 0 Å². The minimum Gasteiger partial charge on any atom is -0.455 e. The van der Waals surface area contributed by atoms with Crippen LogP contribution in [-0.4, -0.2) is 0 Å². The lowest BCUT2D eigenvalue weighted by Gasteiger charge is -2.27. The third-order valence-corrected chi connectivity index (χ3v) is 11.8. The maximum Gasteiger partial charge on any atom is 0.145 e. The molecule has 0 aliphatic carbocycles. The molecule has 0 aliphatic rings. The van der Waals surface area contributed by atoms with Crippen molar-refractivity contribution in [3.05, 3.63) is 188 Å². The van der Waals surface area contributed by atoms with Crippen molar-refractivity contribution < 1.29 is 4.42 Å². The zero-order chi connectivity index (χ0) is 34.9. The van der Waals surface area contributed by atoms with Gasteiger partial charge in [-0.05, 0) is 80.7 Å². The molecule has 11 aromatic rings. The zero-order valence-electron chi connectivity index (χ0n) is 28.7. The Morgan fingerprint density at radius 3 is 1.89 bits per heavy atom. The number of hydrogen-bond acceptors (Lipinski definition) is 3. The summed E-state index contributed by atoms with van der Waals surface area (Å²) in [7, 11) is 0. The smallest absolute Gasteiger partial charge is 0.145 e. The topological polar surface area (TPSA) is 16.4 Å². The average Bonchev–Trinajstić information content (AvgIpc) is 3.80. The van der Waals surface area contributed by atoms with Gasteiger partial charge in [0.25, 0.3) is 0 Å². The summed E-state index contributed by atoms with van der Waals surface area (Å²) in [6.07, 6.45) is 0. The number of benzene rings is 9. The number of nitrogens with zero attached hydrogens (tertiary/aromatic N) is 1. The summed E-state index contributed by atoms with van der Waals surface area (Å²) < 4.78 is 9.33. The molecule has 0 unspecified atom stereocenters. The van der Waals surface area contributed by atoms with Gasteiger partial charge in [-0.2, -0.15) is 0 Å². The molecule has 2 heterocycles. The molecule has 0 N–H and O–H groups in total. The van der Waals surface area contributed by atoms with Gasteiger partial charge in [0.1, 0.15) is 11.2 Å². The van der Waals surface area contributed by atoms with Crippen molar-refractivity contribution in [2.45, 2.75) is 0 Å². The first kappa shape index (κ1) is 30.0. The van der Waals surface area contributed by atoms with Crippen LogP contribution >= 0.6 is 11.3 Å². The summed E-state index contributed by atoms with van der Waals surface area (Å²) in [6.45, 7) is 0. The van der Waals surface area contributed by atoms with Gasteiger partial charge in [0, 0.05) is 42.5 Å². The van der Waals surface area contributed by atoms with Crippen molar-refractivity contribution in [2.24, 2.45) is 0 Å². The SMILES string of the molecule is c1ccc(-c2ccc(N(c3ccc4c(ccc5ccccc54)c3)c3ccc4c(c3)sc3c(-c5ccccc5)cccc34)c3c2oc2ccccc23)cc1. The van der Waals surface area contributed by atoms with Crippen molar-refractivity contribution in [3.63, 3.8) is 0 Å². The summed E-state index contributed by atoms with van der Waals surface area (Å²) in [5.41, 5.74) is 9.77. The molecule has 0 saturated carbocycles. The quantitative estimate of drug-likeness (QED) is 0.167. The van der Waals surface area contributed by atoms with Gasteiger partial charge in [0.2, 0.25) is 0 Å². The zero-order valence-corrected chi connectivity index (χ0v) is 29.5. The minimum atomic E-state index is 0.880. The molecule has 0 radical (unpaired) electrons. The molecular formula is C50H31NOS. The summed E-state index contributed by atoms with van der Waals surface area (Å²) in [5, 5.41) is 9.73. The summed E-state index contributed by atoms with van der Waals surface area (Å²) >= 11 is 1.87. The lowest BCUT2D eigenvalue weighted by Crippen LogP contribution is -2.10. The molecule has 0 aliphatic heterocycles. The van der Waals surface area contributed by atoms with E-state index in [-0.39, 0.29) is 0 Å². The molecule has 0 saturated heterocycles. The standard InChI is InChI=1S/C50H31NOS/c1-3-12-32(13-4-1)40-28-29-45(48-44-18-9-10-21-46(44)52-49(40)48)51(36-24-26-39-35(30-36)23-22-34-16-7-8-17-38(34)39)37-25-27-42-43-20-11-19-41(33-14-5-2-6-15-33)50(43)53-47(42)31-37/h1-31H. The maximum absolute atomic E-state index is 6.76. The Labute approximate surface area is 310 Å². The highest BCUT2D eigenvalue weighted by Crippen LogP contribution is 2.48. The van der Waals surface area contributed by atoms with E-state index in [0.29, 0.717) is 0 Å². The van der Waals surface area contributed by atoms with Crippen LogP contribution in [0.25, 0.3) is 85.9 Å². The largest absolute Gasteiger partial charge is 0.455 e. The van der Waals surface area contributed by atoms with E-state index in [1.54, 1.807) is 0 Å². The van der Waals surface area contributed by atoms with Crippen molar-refractivity contribution >= 4 is 92.1 Å². The first-order chi connectivity index (χ1) is 26.3. The Bertz CT molecular complexity index is 3180. The van der Waals surface area contributed by atoms with Gasteiger partial charge in [-0.25, -0.2) is 0 Å². The molecule has 0 bridgehead atoms. The Morgan fingerprint density at radius 1 is 0.415 bits per heavy atom. The molecule has 0 fully saturated rings. The Kier molecular flexibility index (Phi) is 6.76. The normalized spacial score (nSPS) is 11.8. The van der Waals surface area contributed by atoms with Crippen LogP contribution in [0.4, 0.5) is 17.1 Å². The number of para-hydroxylation sites is 1. The highest BCUT2D eigenvalue weighted by Gasteiger charge is 2.23. The summed E-state index contributed by atoms with van der Waals surface area (Å²) in [5.74, 6) is 0. The first-order valence-corrected chi connectivity index (χ1v) is 18.8. The monoisotopic (exact) mass is 693 g/mol. The van der Waals surface area contributed by atoms with Crippen molar-refractivity contribution in [3.8, 4) is 22.3 Å². The van der Waals surface area contributed by atoms with E-state index in [1.165, 1.54) is 52.8 Å². The number of furan rings is 1. The Balaban J connectivity index is 1.19. The number of thiophene rings is 1. The average molecular weight is 694 g/mol. The molecule has 2 nitrogen and oxygen atoms in total. The maximum atomic E-state index is 6.76. The van der Waals surface area contributed by atoms with Gasteiger partial charge in [-0.15, -0.1) is 11.3 Å². The number of anilines is 3. The van der Waals surface area contributed by atoms with E-state index in [1.807, 2.05) is 11.3 Å². The van der Waals surface area contributed by atoms with Crippen LogP contribution in [0.3, 0.4) is 0 Å². The molecule has 0 amide bonds.